The molecule has 2 aromatic carbocycles. The van der Waals surface area contributed by atoms with Gasteiger partial charge in [-0.15, -0.1) is 0 Å². The maximum Gasteiger partial charge on any atom is 0.293 e. The zero-order valence-corrected chi connectivity index (χ0v) is 16.8. The molecule has 0 radical (unpaired) electrons. The summed E-state index contributed by atoms with van der Waals surface area (Å²) in [6.07, 6.45) is 3.61. The van der Waals surface area contributed by atoms with Gasteiger partial charge in [0.1, 0.15) is 23.1 Å². The van der Waals surface area contributed by atoms with Crippen molar-refractivity contribution in [3.63, 3.8) is 0 Å². The highest BCUT2D eigenvalue weighted by Crippen LogP contribution is 2.26. The zero-order chi connectivity index (χ0) is 20.9. The molecule has 1 aliphatic heterocycles. The molecule has 0 amide bonds. The van der Waals surface area contributed by atoms with Crippen LogP contribution in [0.2, 0.25) is 0 Å². The summed E-state index contributed by atoms with van der Waals surface area (Å²) in [6.45, 7) is 1.73. The third-order valence-electron chi connectivity index (χ3n) is 5.85. The van der Waals surface area contributed by atoms with Crippen LogP contribution in [0.15, 0.2) is 51.8 Å². The Morgan fingerprint density at radius 2 is 2.06 bits per heavy atom. The van der Waals surface area contributed by atoms with Crippen LogP contribution in [0.5, 0.6) is 0 Å². The molecule has 0 unspecified atom stereocenters. The molecular formula is C22H21N7O2. The molecule has 4 heterocycles. The number of nitrogens with one attached hydrogen (secondary N) is 1. The van der Waals surface area contributed by atoms with Gasteiger partial charge in [0, 0.05) is 24.5 Å². The molecule has 1 aliphatic rings. The molecule has 1 saturated heterocycles. The monoisotopic (exact) mass is 415 g/mol. The molecule has 31 heavy (non-hydrogen) atoms. The van der Waals surface area contributed by atoms with Gasteiger partial charge in [-0.1, -0.05) is 30.3 Å². The topological polar surface area (TPSA) is 119 Å². The lowest BCUT2D eigenvalue weighted by atomic mass is 10.1. The number of hydrogen-bond acceptors (Lipinski definition) is 7. The van der Waals surface area contributed by atoms with Crippen LogP contribution in [0.1, 0.15) is 18.7 Å². The lowest BCUT2D eigenvalue weighted by molar-refractivity contribution is 0.484. The molecule has 1 atom stereocenters. The van der Waals surface area contributed by atoms with E-state index in [2.05, 4.69) is 25.0 Å². The number of rotatable bonds is 3. The van der Waals surface area contributed by atoms with Crippen molar-refractivity contribution in [2.24, 2.45) is 5.73 Å². The first-order valence-electron chi connectivity index (χ1n) is 10.4. The quantitative estimate of drug-likeness (QED) is 0.464. The summed E-state index contributed by atoms with van der Waals surface area (Å²) in [5.74, 6) is 1.09. The van der Waals surface area contributed by atoms with Crippen LogP contribution < -0.4 is 16.2 Å². The summed E-state index contributed by atoms with van der Waals surface area (Å²) in [5.41, 5.74) is 8.26. The third-order valence-corrected chi connectivity index (χ3v) is 5.85. The maximum absolute atomic E-state index is 13.0. The number of fused-ring (bicyclic) bond motifs is 4. The lowest BCUT2D eigenvalue weighted by Gasteiger charge is -2.30. The molecular weight excluding hydrogens is 394 g/mol. The van der Waals surface area contributed by atoms with E-state index >= 15 is 0 Å². The molecule has 156 valence electrons. The number of H-pyrrole nitrogens is 1. The van der Waals surface area contributed by atoms with Crippen LogP contribution in [0.4, 0.5) is 5.95 Å². The molecule has 3 N–H and O–H groups in total. The average molecular weight is 415 g/mol. The highest BCUT2D eigenvalue weighted by Gasteiger charge is 2.21. The van der Waals surface area contributed by atoms with E-state index in [1.54, 1.807) is 6.20 Å². The standard InChI is InChI=1S/C22H21N7O2/c23-14-5-3-9-28(11-14)22-26-17-10-24-29(21(30)19(17)27-22)12-18-25-16-8-7-13-4-1-2-6-15(13)20(16)31-18/h1-2,4,6-8,10,14H,3,5,9,11-12,23H2,(H,26,27)/t14-/m1/s1. The highest BCUT2D eigenvalue weighted by molar-refractivity contribution is 6.02. The van der Waals surface area contributed by atoms with Crippen LogP contribution in [0.25, 0.3) is 32.9 Å². The number of anilines is 1. The summed E-state index contributed by atoms with van der Waals surface area (Å²) >= 11 is 0. The molecule has 0 aliphatic carbocycles. The Kier molecular flexibility index (Phi) is 4.03. The number of hydrogen-bond donors (Lipinski definition) is 2. The smallest absolute Gasteiger partial charge is 0.293 e. The molecule has 5 aromatic rings. The van der Waals surface area contributed by atoms with E-state index in [9.17, 15) is 4.79 Å². The second kappa shape index (κ2) is 6.92. The Hall–Kier alpha value is -3.72. The van der Waals surface area contributed by atoms with Crippen LogP contribution in [0.3, 0.4) is 0 Å². The van der Waals surface area contributed by atoms with E-state index in [0.29, 0.717) is 28.5 Å². The van der Waals surface area contributed by atoms with E-state index < -0.39 is 0 Å². The number of aromatic nitrogens is 5. The Morgan fingerprint density at radius 1 is 1.16 bits per heavy atom. The summed E-state index contributed by atoms with van der Waals surface area (Å²) < 4.78 is 7.35. The van der Waals surface area contributed by atoms with E-state index in [1.807, 2.05) is 36.4 Å². The number of nitrogens with zero attached hydrogens (tertiary/aromatic N) is 5. The fraction of sp³-hybridized carbons (Fsp3) is 0.273. The molecule has 1 fully saturated rings. The minimum Gasteiger partial charge on any atom is -0.438 e. The minimum atomic E-state index is -0.260. The van der Waals surface area contributed by atoms with Gasteiger partial charge in [-0.05, 0) is 24.3 Å². The first kappa shape index (κ1) is 18.1. The largest absolute Gasteiger partial charge is 0.438 e. The van der Waals surface area contributed by atoms with Gasteiger partial charge in [0.15, 0.2) is 5.58 Å². The van der Waals surface area contributed by atoms with Gasteiger partial charge in [-0.25, -0.2) is 14.6 Å². The first-order chi connectivity index (χ1) is 15.2. The molecule has 9 nitrogen and oxygen atoms in total. The van der Waals surface area contributed by atoms with Crippen LogP contribution in [-0.2, 0) is 6.54 Å². The Bertz CT molecular complexity index is 1480. The average Bonchev–Trinajstić information content (AvgIpc) is 3.40. The second-order valence-electron chi connectivity index (χ2n) is 8.02. The van der Waals surface area contributed by atoms with Crippen molar-refractivity contribution in [2.75, 3.05) is 18.0 Å². The van der Waals surface area contributed by atoms with Crippen LogP contribution in [0, 0.1) is 0 Å². The SMILES string of the molecule is N[C@@H]1CCCN(c2nc3cnn(Cc4nc5ccc6ccccc6c5o4)c(=O)c3[nH]2)C1. The highest BCUT2D eigenvalue weighted by atomic mass is 16.3. The van der Waals surface area contributed by atoms with Crippen molar-refractivity contribution in [1.82, 2.24) is 24.7 Å². The van der Waals surface area contributed by atoms with Gasteiger partial charge in [0.05, 0.1) is 6.20 Å². The first-order valence-corrected chi connectivity index (χ1v) is 10.4. The van der Waals surface area contributed by atoms with Crippen molar-refractivity contribution < 1.29 is 4.42 Å². The van der Waals surface area contributed by atoms with Gasteiger partial charge in [-0.2, -0.15) is 5.10 Å². The van der Waals surface area contributed by atoms with Crippen LogP contribution >= 0.6 is 0 Å². The van der Waals surface area contributed by atoms with Gasteiger partial charge >= 0.3 is 0 Å². The number of imidazole rings is 1. The minimum absolute atomic E-state index is 0.118. The van der Waals surface area contributed by atoms with E-state index in [0.717, 1.165) is 42.2 Å². The normalized spacial score (nSPS) is 17.2. The number of nitrogens with two attached hydrogens (primary N) is 1. The Labute approximate surface area is 176 Å². The summed E-state index contributed by atoms with van der Waals surface area (Å²) in [7, 11) is 0. The van der Waals surface area contributed by atoms with Crippen molar-refractivity contribution in [2.45, 2.75) is 25.4 Å². The second-order valence-corrected chi connectivity index (χ2v) is 8.02. The summed E-state index contributed by atoms with van der Waals surface area (Å²) in [4.78, 5) is 27.4. The predicted octanol–water partition coefficient (Wildman–Crippen LogP) is 2.39. The maximum atomic E-state index is 13.0. The van der Waals surface area contributed by atoms with Gasteiger partial charge in [0.2, 0.25) is 11.8 Å². The van der Waals surface area contributed by atoms with Crippen molar-refractivity contribution in [1.29, 1.82) is 0 Å². The van der Waals surface area contributed by atoms with E-state index in [-0.39, 0.29) is 18.1 Å². The molecule has 0 spiro atoms. The Balaban J connectivity index is 1.36. The molecule has 6 rings (SSSR count). The predicted molar refractivity (Wildman–Crippen MR) is 118 cm³/mol. The summed E-state index contributed by atoms with van der Waals surface area (Å²) in [5, 5.41) is 6.36. The third kappa shape index (κ3) is 3.05. The zero-order valence-electron chi connectivity index (χ0n) is 16.8. The number of piperidine rings is 1. The lowest BCUT2D eigenvalue weighted by Crippen LogP contribution is -2.43. The number of oxazole rings is 1. The fourth-order valence-electron chi connectivity index (χ4n) is 4.30. The molecule has 0 bridgehead atoms. The van der Waals surface area contributed by atoms with Gasteiger partial charge in [-0.3, -0.25) is 4.79 Å². The Morgan fingerprint density at radius 3 is 2.97 bits per heavy atom. The molecule has 9 heteroatoms. The van der Waals surface area contributed by atoms with Crippen molar-refractivity contribution in [3.8, 4) is 0 Å². The fourth-order valence-corrected chi connectivity index (χ4v) is 4.30. The molecule has 0 saturated carbocycles. The van der Waals surface area contributed by atoms with E-state index in [1.165, 1.54) is 4.68 Å². The number of benzene rings is 2. The summed E-state index contributed by atoms with van der Waals surface area (Å²) in [6, 6.07) is 12.0. The number of aromatic amines is 1. The van der Waals surface area contributed by atoms with Crippen LogP contribution in [-0.4, -0.2) is 43.9 Å². The molecule has 3 aromatic heterocycles. The van der Waals surface area contributed by atoms with Crippen molar-refractivity contribution >= 4 is 38.9 Å². The van der Waals surface area contributed by atoms with E-state index in [4.69, 9.17) is 10.2 Å². The van der Waals surface area contributed by atoms with Gasteiger partial charge in [0.25, 0.3) is 5.56 Å². The van der Waals surface area contributed by atoms with Gasteiger partial charge < -0.3 is 20.0 Å². The van der Waals surface area contributed by atoms with Crippen molar-refractivity contribution in [3.05, 3.63) is 58.8 Å².